The lowest BCUT2D eigenvalue weighted by atomic mass is 10.3. The van der Waals surface area contributed by atoms with Crippen LogP contribution in [0.5, 0.6) is 0 Å². The molecule has 5 nitrogen and oxygen atoms in total. The molecule has 0 aliphatic carbocycles. The molecule has 0 bridgehead atoms. The average molecular weight is 292 g/mol. The highest BCUT2D eigenvalue weighted by molar-refractivity contribution is 7.54. The first-order chi connectivity index (χ1) is 8.72. The van der Waals surface area contributed by atoms with Crippen molar-refractivity contribution in [3.8, 4) is 0 Å². The molecule has 0 N–H and O–H groups in total. The topological polar surface area (TPSA) is 52.6 Å². The lowest BCUT2D eigenvalue weighted by Crippen LogP contribution is -2.37. The van der Waals surface area contributed by atoms with E-state index < -0.39 is 13.6 Å². The Morgan fingerprint density at radius 2 is 1.95 bits per heavy atom. The Labute approximate surface area is 116 Å². The van der Waals surface area contributed by atoms with E-state index in [2.05, 4.69) is 13.5 Å². The maximum Gasteiger partial charge on any atom is 0.387 e. The van der Waals surface area contributed by atoms with Gasteiger partial charge in [-0.25, -0.2) is 9.36 Å². The average Bonchev–Trinajstić information content (AvgIpc) is 2.31. The van der Waals surface area contributed by atoms with Crippen molar-refractivity contribution in [1.82, 2.24) is 0 Å². The van der Waals surface area contributed by atoms with E-state index in [4.69, 9.17) is 9.05 Å². The minimum absolute atomic E-state index is 0.224. The van der Waals surface area contributed by atoms with Crippen LogP contribution in [0, 0.1) is 0 Å². The molecule has 0 amide bonds. The summed E-state index contributed by atoms with van der Waals surface area (Å²) in [5.74, 6) is -0.694. The zero-order valence-electron chi connectivity index (χ0n) is 12.6. The van der Waals surface area contributed by atoms with Crippen molar-refractivity contribution in [2.75, 3.05) is 40.5 Å². The quantitative estimate of drug-likeness (QED) is 0.269. The van der Waals surface area contributed by atoms with E-state index in [0.717, 1.165) is 25.3 Å². The molecule has 0 aliphatic rings. The number of hydrogen-bond donors (Lipinski definition) is 0. The number of unbranched alkanes of at least 4 members (excludes halogenated alkanes) is 2. The number of quaternary nitrogens is 1. The number of rotatable bonds is 10. The number of hydrogen-bond acceptors (Lipinski definition) is 4. The van der Waals surface area contributed by atoms with Gasteiger partial charge in [-0.2, -0.15) is 0 Å². The van der Waals surface area contributed by atoms with E-state index in [9.17, 15) is 9.36 Å². The van der Waals surface area contributed by atoms with E-state index in [1.54, 1.807) is 0 Å². The molecule has 0 aromatic rings. The van der Waals surface area contributed by atoms with Crippen molar-refractivity contribution in [2.45, 2.75) is 26.2 Å². The van der Waals surface area contributed by atoms with Gasteiger partial charge in [-0.05, 0) is 6.42 Å². The number of carbonyl (C=O) groups excluding carboxylic acids is 1. The summed E-state index contributed by atoms with van der Waals surface area (Å²) in [5.41, 5.74) is 0. The molecule has 0 saturated heterocycles. The summed E-state index contributed by atoms with van der Waals surface area (Å²) in [5, 5.41) is 0. The fourth-order valence-electron chi connectivity index (χ4n) is 1.29. The van der Waals surface area contributed by atoms with Crippen LogP contribution in [0.15, 0.2) is 12.7 Å². The van der Waals surface area contributed by atoms with Crippen molar-refractivity contribution >= 4 is 13.6 Å². The van der Waals surface area contributed by atoms with Gasteiger partial charge in [0.25, 0.3) is 0 Å². The summed E-state index contributed by atoms with van der Waals surface area (Å²) in [6, 6.07) is 0. The van der Waals surface area contributed by atoms with Gasteiger partial charge in [0.2, 0.25) is 0 Å². The second-order valence-corrected chi connectivity index (χ2v) is 7.61. The van der Waals surface area contributed by atoms with Gasteiger partial charge in [-0.1, -0.05) is 26.3 Å². The third kappa shape index (κ3) is 9.88. The van der Waals surface area contributed by atoms with Gasteiger partial charge >= 0.3 is 13.6 Å². The largest absolute Gasteiger partial charge is 0.388 e. The highest BCUT2D eigenvalue weighted by atomic mass is 31.2. The lowest BCUT2D eigenvalue weighted by Gasteiger charge is -2.26. The molecule has 0 saturated carbocycles. The van der Waals surface area contributed by atoms with Crippen LogP contribution >= 0.6 is 7.60 Å². The van der Waals surface area contributed by atoms with Gasteiger partial charge in [0, 0.05) is 6.08 Å². The van der Waals surface area contributed by atoms with Crippen LogP contribution in [0.2, 0.25) is 0 Å². The molecule has 1 unspecified atom stereocenters. The van der Waals surface area contributed by atoms with Gasteiger partial charge in [0.05, 0.1) is 34.3 Å². The van der Waals surface area contributed by atoms with E-state index in [-0.39, 0.29) is 6.16 Å². The van der Waals surface area contributed by atoms with Crippen LogP contribution in [-0.2, 0) is 18.4 Å². The van der Waals surface area contributed by atoms with E-state index in [1.807, 2.05) is 21.1 Å². The van der Waals surface area contributed by atoms with Crippen molar-refractivity contribution in [1.29, 1.82) is 0 Å². The Kier molecular flexibility index (Phi) is 8.23. The van der Waals surface area contributed by atoms with Crippen LogP contribution in [0.4, 0.5) is 0 Å². The lowest BCUT2D eigenvalue weighted by molar-refractivity contribution is -0.867. The molecule has 0 rings (SSSR count). The predicted octanol–water partition coefficient (Wildman–Crippen LogP) is 2.82. The number of carbonyl (C=O) groups is 1. The molecule has 0 aromatic carbocycles. The Morgan fingerprint density at radius 3 is 2.42 bits per heavy atom. The summed E-state index contributed by atoms with van der Waals surface area (Å²) < 4.78 is 23.4. The van der Waals surface area contributed by atoms with Crippen LogP contribution in [0.25, 0.3) is 0 Å². The predicted molar refractivity (Wildman–Crippen MR) is 77.1 cm³/mol. The minimum atomic E-state index is -3.37. The van der Waals surface area contributed by atoms with Crippen molar-refractivity contribution in [3.05, 3.63) is 12.7 Å². The Hall–Kier alpha value is -0.640. The molecule has 0 fully saturated rings. The standard InChI is InChI=1S/C13H27NO4P/c1-6-8-9-11-17-19(16,18-13(15)7-2)12-10-14(3,4)5/h7H,2,6,8-12H2,1,3-5H3/q+1. The van der Waals surface area contributed by atoms with Crippen LogP contribution in [-0.4, -0.2) is 50.9 Å². The summed E-state index contributed by atoms with van der Waals surface area (Å²) in [4.78, 5) is 11.2. The third-order valence-electron chi connectivity index (χ3n) is 2.48. The van der Waals surface area contributed by atoms with E-state index >= 15 is 0 Å². The smallest absolute Gasteiger partial charge is 0.387 e. The molecule has 112 valence electrons. The monoisotopic (exact) mass is 292 g/mol. The first-order valence-electron chi connectivity index (χ1n) is 6.62. The zero-order valence-corrected chi connectivity index (χ0v) is 13.4. The normalized spacial score (nSPS) is 14.7. The highest BCUT2D eigenvalue weighted by Gasteiger charge is 2.30. The molecule has 0 spiro atoms. The molecule has 0 aromatic heterocycles. The van der Waals surface area contributed by atoms with Gasteiger partial charge in [-0.15, -0.1) is 0 Å². The van der Waals surface area contributed by atoms with E-state index in [1.165, 1.54) is 0 Å². The van der Waals surface area contributed by atoms with Crippen molar-refractivity contribution in [3.63, 3.8) is 0 Å². The fraction of sp³-hybridized carbons (Fsp3) is 0.769. The zero-order chi connectivity index (χ0) is 14.9. The van der Waals surface area contributed by atoms with E-state index in [0.29, 0.717) is 17.6 Å². The van der Waals surface area contributed by atoms with Crippen molar-refractivity contribution < 1.29 is 22.9 Å². The Balaban J connectivity index is 4.48. The van der Waals surface area contributed by atoms with Gasteiger partial charge < -0.3 is 9.01 Å². The van der Waals surface area contributed by atoms with Gasteiger partial charge in [0.1, 0.15) is 6.16 Å². The molecule has 1 atom stereocenters. The van der Waals surface area contributed by atoms with Crippen molar-refractivity contribution in [2.24, 2.45) is 0 Å². The fourth-order valence-corrected chi connectivity index (χ4v) is 3.16. The van der Waals surface area contributed by atoms with Crippen LogP contribution in [0.1, 0.15) is 26.2 Å². The summed E-state index contributed by atoms with van der Waals surface area (Å²) in [6.45, 7) is 6.35. The maximum absolute atomic E-state index is 12.5. The molecule has 19 heavy (non-hydrogen) atoms. The summed E-state index contributed by atoms with van der Waals surface area (Å²) in [6.07, 6.45) is 4.11. The summed E-state index contributed by atoms with van der Waals surface area (Å²) >= 11 is 0. The number of nitrogens with zero attached hydrogens (tertiary/aromatic N) is 1. The molecular formula is C13H27NO4P+. The Bertz CT molecular complexity index is 336. The second-order valence-electron chi connectivity index (χ2n) is 5.50. The van der Waals surface area contributed by atoms with Crippen LogP contribution in [0.3, 0.4) is 0 Å². The summed E-state index contributed by atoms with van der Waals surface area (Å²) in [7, 11) is 2.58. The van der Waals surface area contributed by atoms with Gasteiger partial charge in [-0.3, -0.25) is 4.52 Å². The first-order valence-corrected chi connectivity index (χ1v) is 8.35. The third-order valence-corrected chi connectivity index (χ3v) is 4.26. The SMILES string of the molecule is C=CC(=O)OP(=O)(CC[N+](C)(C)C)OCCCCC. The minimum Gasteiger partial charge on any atom is -0.388 e. The Morgan fingerprint density at radius 1 is 1.32 bits per heavy atom. The maximum atomic E-state index is 12.5. The first kappa shape index (κ1) is 18.4. The molecule has 0 heterocycles. The molecule has 6 heteroatoms. The van der Waals surface area contributed by atoms with Gasteiger partial charge in [0.15, 0.2) is 0 Å². The van der Waals surface area contributed by atoms with Crippen LogP contribution < -0.4 is 0 Å². The molecule has 0 radical (unpaired) electrons. The molecular weight excluding hydrogens is 265 g/mol. The highest BCUT2D eigenvalue weighted by Crippen LogP contribution is 2.48. The second kappa shape index (κ2) is 8.51. The molecule has 0 aliphatic heterocycles.